The third-order valence-corrected chi connectivity index (χ3v) is 8.50. The minimum absolute atomic E-state index is 0.00607. The van der Waals surface area contributed by atoms with Crippen LogP contribution in [0.15, 0.2) is 59.6 Å². The first-order valence-corrected chi connectivity index (χ1v) is 18.8. The summed E-state index contributed by atoms with van der Waals surface area (Å²) in [5.74, 6) is -7.50. The third kappa shape index (κ3) is 18.3. The van der Waals surface area contributed by atoms with E-state index < -0.39 is 91.1 Å². The lowest BCUT2D eigenvalue weighted by Gasteiger charge is -2.26. The summed E-state index contributed by atoms with van der Waals surface area (Å²) in [7, 11) is 0. The van der Waals surface area contributed by atoms with E-state index in [4.69, 9.17) is 30.8 Å². The van der Waals surface area contributed by atoms with E-state index in [1.807, 2.05) is 0 Å². The van der Waals surface area contributed by atoms with Crippen LogP contribution in [0.3, 0.4) is 0 Å². The molecule has 1 heterocycles. The van der Waals surface area contributed by atoms with Gasteiger partial charge < -0.3 is 67.8 Å². The molecular weight excluding hydrogens is 790 g/mol. The molecule has 1 unspecified atom stereocenters. The number of carboxylic acids is 2. The summed E-state index contributed by atoms with van der Waals surface area (Å²) in [5, 5.41) is 33.2. The Morgan fingerprint density at radius 3 is 1.98 bits per heavy atom. The van der Waals surface area contributed by atoms with Gasteiger partial charge in [0.15, 0.2) is 5.96 Å². The van der Waals surface area contributed by atoms with Crippen LogP contribution in [-0.2, 0) is 65.5 Å². The number of benzene rings is 2. The predicted octanol–water partition coefficient (Wildman–Crippen LogP) is -3.05. The second-order valence-electron chi connectivity index (χ2n) is 13.3. The number of guanidine groups is 1. The molecule has 0 bridgehead atoms. The van der Waals surface area contributed by atoms with Gasteiger partial charge in [0, 0.05) is 19.5 Å². The fourth-order valence-corrected chi connectivity index (χ4v) is 5.56. The summed E-state index contributed by atoms with van der Waals surface area (Å²) in [6.07, 6.45) is -0.728. The van der Waals surface area contributed by atoms with Gasteiger partial charge in [-0.2, -0.15) is 0 Å². The molecule has 1 fully saturated rings. The van der Waals surface area contributed by atoms with Gasteiger partial charge in [-0.15, -0.1) is 0 Å². The van der Waals surface area contributed by atoms with Crippen LogP contribution < -0.4 is 43.4 Å². The predicted molar refractivity (Wildman–Crippen MR) is 210 cm³/mol. The van der Waals surface area contributed by atoms with Gasteiger partial charge in [0.05, 0.1) is 39.4 Å². The van der Waals surface area contributed by atoms with E-state index >= 15 is 0 Å². The molecule has 0 saturated carbocycles. The van der Waals surface area contributed by atoms with Crippen molar-refractivity contribution in [2.45, 2.75) is 56.4 Å². The number of hydrogen-bond donors (Lipinski definition) is 10. The van der Waals surface area contributed by atoms with Crippen molar-refractivity contribution in [1.29, 1.82) is 0 Å². The Morgan fingerprint density at radius 2 is 1.33 bits per heavy atom. The highest BCUT2D eigenvalue weighted by atomic mass is 16.5. The van der Waals surface area contributed by atoms with Crippen molar-refractivity contribution in [3.8, 4) is 0 Å². The van der Waals surface area contributed by atoms with Gasteiger partial charge in [-0.1, -0.05) is 54.6 Å². The SMILES string of the molecule is NC(N)=NCCC[C@@H]1NC(=O)C(c2ccc(CNC(=O)COCCOCCOCC(=O)O)cc2)NC(=O)[C@@H](Cc2ccccc2)NC(=O)[C@H](CC(=O)O)NC(=O)CNC1=O. The van der Waals surface area contributed by atoms with Gasteiger partial charge in [-0.05, 0) is 29.5 Å². The smallest absolute Gasteiger partial charge is 0.329 e. The Bertz CT molecular complexity index is 1810. The van der Waals surface area contributed by atoms with E-state index in [0.717, 1.165) is 0 Å². The van der Waals surface area contributed by atoms with E-state index in [1.54, 1.807) is 42.5 Å². The summed E-state index contributed by atoms with van der Waals surface area (Å²) < 4.78 is 15.4. The van der Waals surface area contributed by atoms with Crippen LogP contribution in [0.1, 0.15) is 42.0 Å². The van der Waals surface area contributed by atoms with Gasteiger partial charge >= 0.3 is 11.9 Å². The number of carboxylic acid groups (broad SMARTS) is 2. The zero-order valence-electron chi connectivity index (χ0n) is 32.7. The van der Waals surface area contributed by atoms with Gasteiger partial charge in [0.25, 0.3) is 0 Å². The number of nitrogens with one attached hydrogen (secondary N) is 6. The number of carbonyl (C=O) groups is 8. The number of aliphatic carboxylic acids is 2. The molecule has 1 aliphatic rings. The zero-order chi connectivity index (χ0) is 43.9. The molecule has 1 saturated heterocycles. The van der Waals surface area contributed by atoms with Crippen molar-refractivity contribution < 1.29 is 62.8 Å². The monoisotopic (exact) mass is 841 g/mol. The molecule has 326 valence electrons. The van der Waals surface area contributed by atoms with Crippen molar-refractivity contribution in [3.05, 3.63) is 71.3 Å². The normalized spacial score (nSPS) is 18.9. The maximum atomic E-state index is 14.1. The van der Waals surface area contributed by atoms with Crippen LogP contribution in [-0.4, -0.2) is 134 Å². The van der Waals surface area contributed by atoms with Gasteiger partial charge in [-0.25, -0.2) is 4.79 Å². The lowest BCUT2D eigenvalue weighted by molar-refractivity contribution is -0.143. The number of aliphatic imine (C=N–C) groups is 1. The largest absolute Gasteiger partial charge is 0.481 e. The van der Waals surface area contributed by atoms with Crippen molar-refractivity contribution in [1.82, 2.24) is 31.9 Å². The molecule has 22 heteroatoms. The third-order valence-electron chi connectivity index (χ3n) is 8.50. The van der Waals surface area contributed by atoms with Crippen molar-refractivity contribution >= 4 is 53.3 Å². The summed E-state index contributed by atoms with van der Waals surface area (Å²) in [4.78, 5) is 106. The van der Waals surface area contributed by atoms with Gasteiger partial charge in [0.2, 0.25) is 35.4 Å². The second kappa shape index (κ2) is 25.7. The molecule has 0 radical (unpaired) electrons. The molecule has 22 nitrogen and oxygen atoms in total. The average molecular weight is 842 g/mol. The first-order chi connectivity index (χ1) is 28.7. The van der Waals surface area contributed by atoms with E-state index in [0.29, 0.717) is 11.1 Å². The maximum Gasteiger partial charge on any atom is 0.329 e. The van der Waals surface area contributed by atoms with Crippen LogP contribution in [0.5, 0.6) is 0 Å². The summed E-state index contributed by atoms with van der Waals surface area (Å²) >= 11 is 0. The number of nitrogens with two attached hydrogens (primary N) is 2. The highest BCUT2D eigenvalue weighted by molar-refractivity contribution is 5.98. The van der Waals surface area contributed by atoms with Crippen molar-refractivity contribution in [2.24, 2.45) is 16.5 Å². The standard InChI is InChI=1S/C38H51N9O13/c39-38(40)41-12-4-7-26-34(54)43-20-29(48)44-28(18-31(50)51)35(55)46-27(17-23-5-2-1-3-6-23)36(56)47-33(37(57)45-26)25-10-8-24(9-11-25)19-42-30(49)21-59-15-13-58-14-16-60-22-32(52)53/h1-3,5-6,8-11,26-28,33H,4,7,12-22H2,(H,42,49)(H,43,54)(H,44,48)(H,45,57)(H,46,55)(H,47,56)(H,50,51)(H,52,53)(H4,39,40,41)/t26-,27+,28-,33?/m0/s1. The van der Waals surface area contributed by atoms with Crippen molar-refractivity contribution in [3.63, 3.8) is 0 Å². The fraction of sp³-hybridized carbons (Fsp3) is 0.447. The van der Waals surface area contributed by atoms with Crippen LogP contribution in [0.2, 0.25) is 0 Å². The number of carbonyl (C=O) groups excluding carboxylic acids is 6. The highest BCUT2D eigenvalue weighted by Crippen LogP contribution is 2.17. The maximum absolute atomic E-state index is 14.1. The molecule has 12 N–H and O–H groups in total. The number of amides is 6. The van der Waals surface area contributed by atoms with Crippen LogP contribution in [0.4, 0.5) is 0 Å². The molecule has 2 aromatic rings. The number of rotatable bonds is 21. The van der Waals surface area contributed by atoms with Crippen LogP contribution >= 0.6 is 0 Å². The summed E-state index contributed by atoms with van der Waals surface area (Å²) in [6.45, 7) is -0.718. The minimum atomic E-state index is -1.63. The quantitative estimate of drug-likeness (QED) is 0.0339. The zero-order valence-corrected chi connectivity index (χ0v) is 32.7. The lowest BCUT2D eigenvalue weighted by atomic mass is 10.0. The van der Waals surface area contributed by atoms with Crippen LogP contribution in [0, 0.1) is 0 Å². The Labute approximate surface area is 344 Å². The first-order valence-electron chi connectivity index (χ1n) is 18.8. The van der Waals surface area contributed by atoms with Crippen molar-refractivity contribution in [2.75, 3.05) is 52.7 Å². The number of ether oxygens (including phenoxy) is 3. The van der Waals surface area contributed by atoms with E-state index in [1.165, 1.54) is 12.1 Å². The first kappa shape index (κ1) is 47.7. The van der Waals surface area contributed by atoms with Crippen LogP contribution in [0.25, 0.3) is 0 Å². The molecule has 0 aliphatic carbocycles. The summed E-state index contributed by atoms with van der Waals surface area (Å²) in [6, 6.07) is 9.09. The van der Waals surface area contributed by atoms with E-state index in [2.05, 4.69) is 36.9 Å². The number of hydrogen-bond acceptors (Lipinski definition) is 12. The Morgan fingerprint density at radius 1 is 0.700 bits per heavy atom. The topological polar surface area (TPSA) is 341 Å². The molecule has 6 amide bonds. The molecule has 0 spiro atoms. The lowest BCUT2D eigenvalue weighted by Crippen LogP contribution is -2.56. The fourth-order valence-electron chi connectivity index (χ4n) is 5.56. The number of nitrogens with zero attached hydrogens (tertiary/aromatic N) is 1. The Balaban J connectivity index is 1.83. The van der Waals surface area contributed by atoms with E-state index in [-0.39, 0.29) is 76.9 Å². The van der Waals surface area contributed by atoms with Gasteiger partial charge in [0.1, 0.15) is 37.4 Å². The second-order valence-corrected chi connectivity index (χ2v) is 13.3. The molecule has 3 rings (SSSR count). The molecule has 60 heavy (non-hydrogen) atoms. The molecule has 2 aromatic carbocycles. The Hall–Kier alpha value is -6.65. The summed E-state index contributed by atoms with van der Waals surface area (Å²) in [5.41, 5.74) is 12.3. The van der Waals surface area contributed by atoms with E-state index in [9.17, 15) is 43.5 Å². The molecule has 1 aliphatic heterocycles. The molecule has 0 aromatic heterocycles. The molecular formula is C38H51N9O13. The minimum Gasteiger partial charge on any atom is -0.481 e. The average Bonchev–Trinajstić information content (AvgIpc) is 3.21. The molecule has 4 atom stereocenters. The van der Waals surface area contributed by atoms with Gasteiger partial charge in [-0.3, -0.25) is 38.6 Å². The Kier molecular flexibility index (Phi) is 20.4. The highest BCUT2D eigenvalue weighted by Gasteiger charge is 2.34.